The number of hydrogen-bond donors (Lipinski definition) is 1. The average molecular weight is 196 g/mol. The number of ether oxygens (including phenoxy) is 1. The van der Waals surface area contributed by atoms with E-state index in [0.717, 1.165) is 11.1 Å². The summed E-state index contributed by atoms with van der Waals surface area (Å²) in [5.41, 5.74) is 2.07. The molecule has 4 heteroatoms. The molecule has 14 heavy (non-hydrogen) atoms. The Morgan fingerprint density at radius 3 is 2.86 bits per heavy atom. The first-order valence-electron chi connectivity index (χ1n) is 4.25. The van der Waals surface area contributed by atoms with Crippen molar-refractivity contribution < 1.29 is 19.0 Å². The van der Waals surface area contributed by atoms with Gasteiger partial charge in [-0.25, -0.2) is 9.18 Å². The smallest absolute Gasteiger partial charge is 0.343 e. The molecule has 3 nitrogen and oxygen atoms in total. The quantitative estimate of drug-likeness (QED) is 0.784. The molecule has 0 spiro atoms. The third-order valence-corrected chi connectivity index (χ3v) is 2.25. The van der Waals surface area contributed by atoms with Crippen molar-refractivity contribution in [3.8, 4) is 0 Å². The number of carboxylic acids is 1. The number of hydrogen-bond acceptors (Lipinski definition) is 2. The zero-order chi connectivity index (χ0) is 10.1. The Kier molecular flexibility index (Phi) is 2.21. The van der Waals surface area contributed by atoms with E-state index >= 15 is 0 Å². The number of rotatable bonds is 2. The molecule has 2 rings (SSSR count). The van der Waals surface area contributed by atoms with E-state index in [0.29, 0.717) is 13.2 Å². The maximum atomic E-state index is 13.1. The lowest BCUT2D eigenvalue weighted by Crippen LogP contribution is -2.06. The van der Waals surface area contributed by atoms with E-state index in [-0.39, 0.29) is 5.56 Å². The molecule has 0 amide bonds. The summed E-state index contributed by atoms with van der Waals surface area (Å²) in [6.45, 7) is 0.967. The maximum absolute atomic E-state index is 13.1. The molecule has 1 aromatic carbocycles. The molecular weight excluding hydrogens is 187 g/mol. The molecule has 0 saturated carbocycles. The Bertz CT molecular complexity index is 376. The summed E-state index contributed by atoms with van der Waals surface area (Å²) in [7, 11) is 0. The topological polar surface area (TPSA) is 46.5 Å². The SMILES string of the molecule is O=C(O)C(F)c1ccc2c(c1)COC2. The van der Waals surface area contributed by atoms with Crippen LogP contribution >= 0.6 is 0 Å². The molecule has 0 bridgehead atoms. The van der Waals surface area contributed by atoms with Gasteiger partial charge in [0.1, 0.15) is 0 Å². The van der Waals surface area contributed by atoms with Gasteiger partial charge in [0.15, 0.2) is 0 Å². The first-order valence-corrected chi connectivity index (χ1v) is 4.25. The van der Waals surface area contributed by atoms with Crippen LogP contribution in [0.5, 0.6) is 0 Å². The van der Waals surface area contributed by atoms with Crippen molar-refractivity contribution in [1.82, 2.24) is 0 Å². The van der Waals surface area contributed by atoms with Crippen LogP contribution in [0.25, 0.3) is 0 Å². The molecule has 0 aliphatic carbocycles. The molecule has 0 saturated heterocycles. The third-order valence-electron chi connectivity index (χ3n) is 2.25. The number of aliphatic carboxylic acids is 1. The highest BCUT2D eigenvalue weighted by atomic mass is 19.1. The van der Waals surface area contributed by atoms with Crippen LogP contribution in [-0.4, -0.2) is 11.1 Å². The minimum atomic E-state index is -1.94. The summed E-state index contributed by atoms with van der Waals surface area (Å²) in [6.07, 6.45) is -1.94. The second kappa shape index (κ2) is 3.38. The predicted molar refractivity (Wildman–Crippen MR) is 46.4 cm³/mol. The third kappa shape index (κ3) is 1.48. The Labute approximate surface area is 80.1 Å². The number of carbonyl (C=O) groups is 1. The van der Waals surface area contributed by atoms with E-state index in [1.54, 1.807) is 12.1 Å². The van der Waals surface area contributed by atoms with Crippen LogP contribution in [0.1, 0.15) is 22.9 Å². The van der Waals surface area contributed by atoms with Crippen LogP contribution in [0.3, 0.4) is 0 Å². The average Bonchev–Trinajstić information content (AvgIpc) is 2.62. The van der Waals surface area contributed by atoms with Crippen molar-refractivity contribution in [3.63, 3.8) is 0 Å². The summed E-state index contributed by atoms with van der Waals surface area (Å²) >= 11 is 0. The zero-order valence-electron chi connectivity index (χ0n) is 7.37. The molecule has 1 aromatic rings. The number of benzene rings is 1. The number of fused-ring (bicyclic) bond motifs is 1. The fourth-order valence-corrected chi connectivity index (χ4v) is 1.49. The van der Waals surface area contributed by atoms with Gasteiger partial charge in [-0.15, -0.1) is 0 Å². The molecule has 0 radical (unpaired) electrons. The molecule has 1 aliphatic rings. The fourth-order valence-electron chi connectivity index (χ4n) is 1.49. The van der Waals surface area contributed by atoms with Gasteiger partial charge in [-0.05, 0) is 22.8 Å². The maximum Gasteiger partial charge on any atom is 0.343 e. The monoisotopic (exact) mass is 196 g/mol. The van der Waals surface area contributed by atoms with E-state index in [1.165, 1.54) is 6.07 Å². The van der Waals surface area contributed by atoms with Gasteiger partial charge in [-0.1, -0.05) is 12.1 Å². The Morgan fingerprint density at radius 1 is 1.43 bits per heavy atom. The molecule has 0 aromatic heterocycles. The van der Waals surface area contributed by atoms with Gasteiger partial charge in [0.25, 0.3) is 0 Å². The summed E-state index contributed by atoms with van der Waals surface area (Å²) in [4.78, 5) is 10.4. The second-order valence-corrected chi connectivity index (χ2v) is 3.22. The van der Waals surface area contributed by atoms with Crippen molar-refractivity contribution in [2.45, 2.75) is 19.4 Å². The van der Waals surface area contributed by atoms with Crippen LogP contribution < -0.4 is 0 Å². The normalized spacial score (nSPS) is 16.4. The first kappa shape index (κ1) is 9.15. The molecule has 1 atom stereocenters. The second-order valence-electron chi connectivity index (χ2n) is 3.22. The zero-order valence-corrected chi connectivity index (χ0v) is 7.37. The van der Waals surface area contributed by atoms with Gasteiger partial charge in [0, 0.05) is 0 Å². The molecule has 74 valence electrons. The van der Waals surface area contributed by atoms with Gasteiger partial charge in [0.05, 0.1) is 13.2 Å². The molecule has 1 N–H and O–H groups in total. The van der Waals surface area contributed by atoms with Crippen LogP contribution in [0.2, 0.25) is 0 Å². The standard InChI is InChI=1S/C10H9FO3/c11-9(10(12)13)6-1-2-7-4-14-5-8(7)3-6/h1-3,9H,4-5H2,(H,12,13). The van der Waals surface area contributed by atoms with E-state index in [2.05, 4.69) is 0 Å². The lowest BCUT2D eigenvalue weighted by Gasteiger charge is -2.04. The molecular formula is C10H9FO3. The van der Waals surface area contributed by atoms with Crippen molar-refractivity contribution >= 4 is 5.97 Å². The van der Waals surface area contributed by atoms with E-state index in [4.69, 9.17) is 9.84 Å². The Balaban J connectivity index is 2.33. The minimum Gasteiger partial charge on any atom is -0.479 e. The van der Waals surface area contributed by atoms with Crippen molar-refractivity contribution in [2.24, 2.45) is 0 Å². The lowest BCUT2D eigenvalue weighted by atomic mass is 10.0. The van der Waals surface area contributed by atoms with E-state index in [1.807, 2.05) is 0 Å². The van der Waals surface area contributed by atoms with Gasteiger partial charge in [-0.2, -0.15) is 0 Å². The van der Waals surface area contributed by atoms with Crippen molar-refractivity contribution in [2.75, 3.05) is 0 Å². The Hall–Kier alpha value is -1.42. The number of halogens is 1. The summed E-state index contributed by atoms with van der Waals surface area (Å²) in [6, 6.07) is 4.76. The highest BCUT2D eigenvalue weighted by Crippen LogP contribution is 2.25. The first-order chi connectivity index (χ1) is 6.68. The van der Waals surface area contributed by atoms with Crippen molar-refractivity contribution in [1.29, 1.82) is 0 Å². The summed E-state index contributed by atoms with van der Waals surface area (Å²) < 4.78 is 18.2. The van der Waals surface area contributed by atoms with Crippen LogP contribution in [-0.2, 0) is 22.7 Å². The van der Waals surface area contributed by atoms with E-state index in [9.17, 15) is 9.18 Å². The summed E-state index contributed by atoms with van der Waals surface area (Å²) in [5.74, 6) is -1.45. The molecule has 1 unspecified atom stereocenters. The van der Waals surface area contributed by atoms with Gasteiger partial charge < -0.3 is 9.84 Å². The number of alkyl halides is 1. The van der Waals surface area contributed by atoms with Gasteiger partial charge in [0.2, 0.25) is 6.17 Å². The molecule has 1 aliphatic heterocycles. The molecule has 1 heterocycles. The minimum absolute atomic E-state index is 0.182. The van der Waals surface area contributed by atoms with Gasteiger partial charge >= 0.3 is 5.97 Å². The predicted octanol–water partition coefficient (Wildman–Crippen LogP) is 1.81. The van der Waals surface area contributed by atoms with Crippen LogP contribution in [0, 0.1) is 0 Å². The van der Waals surface area contributed by atoms with Crippen LogP contribution in [0.15, 0.2) is 18.2 Å². The highest BCUT2D eigenvalue weighted by Gasteiger charge is 2.20. The Morgan fingerprint density at radius 2 is 2.14 bits per heavy atom. The highest BCUT2D eigenvalue weighted by molar-refractivity contribution is 5.74. The fraction of sp³-hybridized carbons (Fsp3) is 0.300. The van der Waals surface area contributed by atoms with Crippen molar-refractivity contribution in [3.05, 3.63) is 34.9 Å². The van der Waals surface area contributed by atoms with Gasteiger partial charge in [-0.3, -0.25) is 0 Å². The van der Waals surface area contributed by atoms with Crippen LogP contribution in [0.4, 0.5) is 4.39 Å². The number of carboxylic acid groups (broad SMARTS) is 1. The summed E-state index contributed by atoms with van der Waals surface area (Å²) in [5, 5.41) is 8.48. The lowest BCUT2D eigenvalue weighted by molar-refractivity contribution is -0.143. The largest absolute Gasteiger partial charge is 0.479 e. The molecule has 0 fully saturated rings. The van der Waals surface area contributed by atoms with E-state index < -0.39 is 12.1 Å².